The molecule has 0 spiro atoms. The summed E-state index contributed by atoms with van der Waals surface area (Å²) in [6.07, 6.45) is 1.44. The molecule has 2 heterocycles. The number of aliphatic hydroxyl groups excluding tert-OH is 1. The average molecular weight is 483 g/mol. The van der Waals surface area contributed by atoms with Crippen LogP contribution in [0.3, 0.4) is 0 Å². The van der Waals surface area contributed by atoms with Gasteiger partial charge in [0, 0.05) is 31.8 Å². The first kappa shape index (κ1) is 26.0. The second-order valence-corrected chi connectivity index (χ2v) is 7.84. The van der Waals surface area contributed by atoms with Crippen LogP contribution in [0.2, 0.25) is 0 Å². The van der Waals surface area contributed by atoms with Gasteiger partial charge >= 0.3 is 5.97 Å². The summed E-state index contributed by atoms with van der Waals surface area (Å²) in [6.45, 7) is 7.62. The van der Waals surface area contributed by atoms with Crippen LogP contribution in [0, 0.1) is 0 Å². The number of amides is 1. The van der Waals surface area contributed by atoms with Gasteiger partial charge in [-0.15, -0.1) is 0 Å². The van der Waals surface area contributed by atoms with E-state index >= 15 is 0 Å². The third-order valence-corrected chi connectivity index (χ3v) is 5.68. The number of nitrogen functional groups attached to an aromatic ring is 1. The number of hydrogen-bond donors (Lipinski definition) is 2. The number of esters is 1. The van der Waals surface area contributed by atoms with Gasteiger partial charge in [-0.1, -0.05) is 19.9 Å². The monoisotopic (exact) mass is 482 g/mol. The van der Waals surface area contributed by atoms with E-state index in [4.69, 9.17) is 20.3 Å². The predicted molar refractivity (Wildman–Crippen MR) is 135 cm³/mol. The number of nitrogens with zero attached hydrogens (tertiary/aromatic N) is 3. The molecule has 3 aromatic rings. The highest BCUT2D eigenvalue weighted by Gasteiger charge is 2.25. The smallest absolute Gasteiger partial charge is 0.307 e. The minimum absolute atomic E-state index is 0.0728. The molecular formula is C26H34N4O5. The van der Waals surface area contributed by atoms with E-state index < -0.39 is 0 Å². The van der Waals surface area contributed by atoms with E-state index in [9.17, 15) is 9.59 Å². The highest BCUT2D eigenvalue weighted by Crippen LogP contribution is 2.32. The Morgan fingerprint density at radius 2 is 2.00 bits per heavy atom. The number of rotatable bonds is 9. The van der Waals surface area contributed by atoms with E-state index in [-0.39, 0.29) is 24.9 Å². The maximum Gasteiger partial charge on any atom is 0.307 e. The number of ether oxygens (including phenoxy) is 2. The number of nitrogens with two attached hydrogens (primary N) is 1. The zero-order valence-electron chi connectivity index (χ0n) is 20.6. The fraction of sp³-hybridized carbons (Fsp3) is 0.423. The Labute approximate surface area is 205 Å². The first-order valence-corrected chi connectivity index (χ1v) is 12.1. The molecule has 1 aliphatic heterocycles. The van der Waals surface area contributed by atoms with Gasteiger partial charge in [0.2, 0.25) is 5.95 Å². The van der Waals surface area contributed by atoms with Gasteiger partial charge in [-0.05, 0) is 55.7 Å². The van der Waals surface area contributed by atoms with Crippen LogP contribution in [0.4, 0.5) is 5.95 Å². The molecule has 0 atom stereocenters. The van der Waals surface area contributed by atoms with Gasteiger partial charge in [0.05, 0.1) is 18.5 Å². The van der Waals surface area contributed by atoms with Crippen LogP contribution in [0.1, 0.15) is 49.5 Å². The topological polar surface area (TPSA) is 120 Å². The summed E-state index contributed by atoms with van der Waals surface area (Å²) in [5.41, 5.74) is 9.09. The maximum atomic E-state index is 12.8. The maximum absolute atomic E-state index is 12.8. The summed E-state index contributed by atoms with van der Waals surface area (Å²) < 4.78 is 12.9. The Balaban J connectivity index is 0.00000167. The molecule has 1 amide bonds. The standard InChI is InChI=1S/C24H28N4O5.C2H6/c1-2-32-21(30)10-13-27-12-9-16-15-17(7-8-18(16)23(27)31)33-20-6-3-5-19-22(20)26-24(25)28(19)11-4-14-29;1-2/h3,5-8,15,29H,2,4,9-14H2,1H3,(H2,25,26);1-2H3. The van der Waals surface area contributed by atoms with Gasteiger partial charge in [0.25, 0.3) is 5.91 Å². The van der Waals surface area contributed by atoms with Crippen molar-refractivity contribution in [2.75, 3.05) is 32.0 Å². The third-order valence-electron chi connectivity index (χ3n) is 5.68. The van der Waals surface area contributed by atoms with Crippen molar-refractivity contribution in [2.45, 2.75) is 46.6 Å². The summed E-state index contributed by atoms with van der Waals surface area (Å²) in [7, 11) is 0. The Hall–Kier alpha value is -3.59. The number of carbonyl (C=O) groups excluding carboxylic acids is 2. The van der Waals surface area contributed by atoms with Gasteiger partial charge < -0.3 is 29.8 Å². The van der Waals surface area contributed by atoms with E-state index in [0.29, 0.717) is 67.6 Å². The van der Waals surface area contributed by atoms with Crippen LogP contribution in [0.25, 0.3) is 11.0 Å². The number of benzene rings is 2. The Bertz CT molecular complexity index is 1170. The van der Waals surface area contributed by atoms with Crippen LogP contribution in [0.15, 0.2) is 36.4 Å². The first-order chi connectivity index (χ1) is 17.0. The van der Waals surface area contributed by atoms with E-state index in [0.717, 1.165) is 11.1 Å². The molecular weight excluding hydrogens is 448 g/mol. The van der Waals surface area contributed by atoms with Gasteiger partial charge in [0.15, 0.2) is 5.75 Å². The number of aryl methyl sites for hydroxylation is 1. The lowest BCUT2D eigenvalue weighted by molar-refractivity contribution is -0.143. The fourth-order valence-electron chi connectivity index (χ4n) is 4.06. The van der Waals surface area contributed by atoms with Crippen molar-refractivity contribution < 1.29 is 24.2 Å². The van der Waals surface area contributed by atoms with E-state index in [1.165, 1.54) is 0 Å². The number of para-hydroxylation sites is 1. The van der Waals surface area contributed by atoms with Gasteiger partial charge in [-0.3, -0.25) is 9.59 Å². The summed E-state index contributed by atoms with van der Waals surface area (Å²) >= 11 is 0. The molecule has 0 fully saturated rings. The van der Waals surface area contributed by atoms with Gasteiger partial charge in [0.1, 0.15) is 11.3 Å². The molecule has 3 N–H and O–H groups in total. The molecule has 35 heavy (non-hydrogen) atoms. The Morgan fingerprint density at radius 3 is 2.74 bits per heavy atom. The molecule has 0 radical (unpaired) electrons. The van der Waals surface area contributed by atoms with Crippen molar-refractivity contribution in [1.29, 1.82) is 0 Å². The van der Waals surface area contributed by atoms with E-state index in [1.807, 2.05) is 42.7 Å². The molecule has 9 heteroatoms. The highest BCUT2D eigenvalue weighted by atomic mass is 16.5. The largest absolute Gasteiger partial charge is 0.466 e. The Morgan fingerprint density at radius 1 is 1.20 bits per heavy atom. The number of aromatic nitrogens is 2. The lowest BCUT2D eigenvalue weighted by Gasteiger charge is -2.28. The van der Waals surface area contributed by atoms with Crippen LogP contribution >= 0.6 is 0 Å². The van der Waals surface area contributed by atoms with Crippen molar-refractivity contribution >= 4 is 28.9 Å². The molecule has 9 nitrogen and oxygen atoms in total. The number of hydrogen-bond acceptors (Lipinski definition) is 7. The number of fused-ring (bicyclic) bond motifs is 2. The molecule has 188 valence electrons. The summed E-state index contributed by atoms with van der Waals surface area (Å²) in [5, 5.41) is 9.14. The summed E-state index contributed by atoms with van der Waals surface area (Å²) in [4.78, 5) is 30.6. The molecule has 1 aliphatic rings. The van der Waals surface area contributed by atoms with Crippen molar-refractivity contribution in [2.24, 2.45) is 0 Å². The van der Waals surface area contributed by atoms with Crippen molar-refractivity contribution in [1.82, 2.24) is 14.5 Å². The molecule has 0 saturated heterocycles. The minimum atomic E-state index is -0.298. The second-order valence-electron chi connectivity index (χ2n) is 7.84. The van der Waals surface area contributed by atoms with Crippen LogP contribution in [0.5, 0.6) is 11.5 Å². The third kappa shape index (κ3) is 5.92. The second kappa shape index (κ2) is 12.2. The van der Waals surface area contributed by atoms with E-state index in [2.05, 4.69) is 4.98 Å². The minimum Gasteiger partial charge on any atom is -0.466 e. The van der Waals surface area contributed by atoms with Crippen LogP contribution in [-0.4, -0.2) is 57.7 Å². The number of carbonyl (C=O) groups is 2. The lowest BCUT2D eigenvalue weighted by Crippen LogP contribution is -2.39. The summed E-state index contributed by atoms with van der Waals surface area (Å²) in [6, 6.07) is 11.0. The van der Waals surface area contributed by atoms with Gasteiger partial charge in [-0.25, -0.2) is 4.98 Å². The normalized spacial score (nSPS) is 12.7. The molecule has 0 unspecified atom stereocenters. The predicted octanol–water partition coefficient (Wildman–Crippen LogP) is 3.77. The number of imidazole rings is 1. The van der Waals surface area contributed by atoms with Crippen molar-refractivity contribution in [3.05, 3.63) is 47.5 Å². The molecule has 1 aromatic heterocycles. The molecule has 0 bridgehead atoms. The number of anilines is 1. The molecule has 0 saturated carbocycles. The summed E-state index contributed by atoms with van der Waals surface area (Å²) in [5.74, 6) is 1.16. The van der Waals surface area contributed by atoms with Crippen LogP contribution < -0.4 is 10.5 Å². The highest BCUT2D eigenvalue weighted by molar-refractivity contribution is 5.97. The first-order valence-electron chi connectivity index (χ1n) is 12.1. The average Bonchev–Trinajstić information content (AvgIpc) is 3.19. The zero-order chi connectivity index (χ0) is 25.4. The molecule has 4 rings (SSSR count). The van der Waals surface area contributed by atoms with Crippen molar-refractivity contribution in [3.63, 3.8) is 0 Å². The molecule has 2 aromatic carbocycles. The zero-order valence-corrected chi connectivity index (χ0v) is 20.6. The van der Waals surface area contributed by atoms with Crippen LogP contribution in [-0.2, 0) is 22.5 Å². The number of aliphatic hydroxyl groups is 1. The SMILES string of the molecule is CC.CCOC(=O)CCN1CCc2cc(Oc3cccc4c3nc(N)n4CCCO)ccc2C1=O. The molecule has 0 aliphatic carbocycles. The quantitative estimate of drug-likeness (QED) is 0.446. The lowest BCUT2D eigenvalue weighted by atomic mass is 9.98. The van der Waals surface area contributed by atoms with E-state index in [1.54, 1.807) is 24.0 Å². The fourth-order valence-corrected chi connectivity index (χ4v) is 4.06. The Kier molecular flexibility index (Phi) is 9.08. The van der Waals surface area contributed by atoms with Gasteiger partial charge in [-0.2, -0.15) is 0 Å². The van der Waals surface area contributed by atoms with Crippen molar-refractivity contribution in [3.8, 4) is 11.5 Å².